The van der Waals surface area contributed by atoms with Gasteiger partial charge in [-0.2, -0.15) is 0 Å². The largest absolute Gasteiger partial charge is 0.343 e. The molecule has 0 spiro atoms. The van der Waals surface area contributed by atoms with Crippen molar-refractivity contribution in [2.45, 2.75) is 57.4 Å². The van der Waals surface area contributed by atoms with E-state index in [1.807, 2.05) is 9.80 Å². The van der Waals surface area contributed by atoms with Gasteiger partial charge in [0.15, 0.2) is 0 Å². The van der Waals surface area contributed by atoms with Gasteiger partial charge in [0.05, 0.1) is 0 Å². The highest BCUT2D eigenvalue weighted by Crippen LogP contribution is 2.24. The zero-order valence-corrected chi connectivity index (χ0v) is 16.2. The van der Waals surface area contributed by atoms with Gasteiger partial charge in [0, 0.05) is 38.6 Å². The first-order valence-corrected chi connectivity index (χ1v) is 10.6. The SMILES string of the molecule is O=C1CCCN1CCC1CCN(C(=O)N[C@@H]2CCc3ccccc3C2)CC1. The van der Waals surface area contributed by atoms with Crippen molar-refractivity contribution in [2.75, 3.05) is 26.2 Å². The van der Waals surface area contributed by atoms with Gasteiger partial charge in [0.25, 0.3) is 0 Å². The van der Waals surface area contributed by atoms with Crippen molar-refractivity contribution < 1.29 is 9.59 Å². The van der Waals surface area contributed by atoms with E-state index in [9.17, 15) is 9.59 Å². The first-order valence-electron chi connectivity index (χ1n) is 10.6. The number of piperidine rings is 1. The number of carbonyl (C=O) groups excluding carboxylic acids is 2. The van der Waals surface area contributed by atoms with Crippen LogP contribution in [0.25, 0.3) is 0 Å². The summed E-state index contributed by atoms with van der Waals surface area (Å²) in [6, 6.07) is 8.93. The van der Waals surface area contributed by atoms with Crippen molar-refractivity contribution in [1.82, 2.24) is 15.1 Å². The molecule has 2 fully saturated rings. The fourth-order valence-electron chi connectivity index (χ4n) is 4.79. The lowest BCUT2D eigenvalue weighted by Gasteiger charge is -2.34. The van der Waals surface area contributed by atoms with Crippen molar-refractivity contribution in [3.8, 4) is 0 Å². The smallest absolute Gasteiger partial charge is 0.317 e. The van der Waals surface area contributed by atoms with Crippen LogP contribution in [0.5, 0.6) is 0 Å². The lowest BCUT2D eigenvalue weighted by molar-refractivity contribution is -0.127. The van der Waals surface area contributed by atoms with Crippen LogP contribution < -0.4 is 5.32 Å². The van der Waals surface area contributed by atoms with Crippen LogP contribution in [-0.4, -0.2) is 54.0 Å². The molecule has 27 heavy (non-hydrogen) atoms. The number of nitrogens with one attached hydrogen (secondary N) is 1. The molecule has 4 rings (SSSR count). The van der Waals surface area contributed by atoms with E-state index >= 15 is 0 Å². The van der Waals surface area contributed by atoms with Gasteiger partial charge in [0.2, 0.25) is 5.91 Å². The molecule has 2 saturated heterocycles. The van der Waals surface area contributed by atoms with Crippen molar-refractivity contribution >= 4 is 11.9 Å². The molecular weight excluding hydrogens is 338 g/mol. The van der Waals surface area contributed by atoms with E-state index in [4.69, 9.17) is 0 Å². The molecule has 0 unspecified atom stereocenters. The molecule has 0 saturated carbocycles. The Kier molecular flexibility index (Phi) is 5.65. The number of urea groups is 1. The number of rotatable bonds is 4. The molecule has 3 aliphatic rings. The molecule has 2 aliphatic heterocycles. The van der Waals surface area contributed by atoms with Crippen molar-refractivity contribution in [1.29, 1.82) is 0 Å². The minimum atomic E-state index is 0.104. The molecule has 1 atom stereocenters. The minimum absolute atomic E-state index is 0.104. The van der Waals surface area contributed by atoms with Gasteiger partial charge in [-0.3, -0.25) is 4.79 Å². The monoisotopic (exact) mass is 369 g/mol. The van der Waals surface area contributed by atoms with Crippen LogP contribution in [0.4, 0.5) is 4.79 Å². The molecule has 0 aromatic heterocycles. The van der Waals surface area contributed by atoms with Crippen molar-refractivity contribution in [3.05, 3.63) is 35.4 Å². The van der Waals surface area contributed by atoms with Gasteiger partial charge in [-0.15, -0.1) is 0 Å². The zero-order valence-electron chi connectivity index (χ0n) is 16.2. The molecular formula is C22H31N3O2. The standard InChI is InChI=1S/C22H31N3O2/c26-21-6-3-12-24(21)13-9-17-10-14-25(15-11-17)22(27)23-20-8-7-18-4-1-2-5-19(18)16-20/h1-2,4-5,17,20H,3,6-16H2,(H,23,27)/t20-/m1/s1. The Balaban J connectivity index is 1.19. The average molecular weight is 370 g/mol. The Hall–Kier alpha value is -2.04. The maximum atomic E-state index is 12.7. The fourth-order valence-corrected chi connectivity index (χ4v) is 4.79. The Bertz CT molecular complexity index is 682. The summed E-state index contributed by atoms with van der Waals surface area (Å²) in [5, 5.41) is 3.26. The maximum Gasteiger partial charge on any atom is 0.317 e. The number of nitrogens with zero attached hydrogens (tertiary/aromatic N) is 2. The summed E-state index contributed by atoms with van der Waals surface area (Å²) < 4.78 is 0. The quantitative estimate of drug-likeness (QED) is 0.887. The molecule has 1 N–H and O–H groups in total. The van der Waals surface area contributed by atoms with E-state index in [1.165, 1.54) is 11.1 Å². The molecule has 2 heterocycles. The molecule has 146 valence electrons. The topological polar surface area (TPSA) is 52.7 Å². The van der Waals surface area contributed by atoms with Gasteiger partial charge >= 0.3 is 6.03 Å². The average Bonchev–Trinajstić information content (AvgIpc) is 3.11. The fraction of sp³-hybridized carbons (Fsp3) is 0.636. The lowest BCUT2D eigenvalue weighted by atomic mass is 9.88. The van der Waals surface area contributed by atoms with Crippen LogP contribution in [-0.2, 0) is 17.6 Å². The van der Waals surface area contributed by atoms with Crippen LogP contribution >= 0.6 is 0 Å². The molecule has 5 heteroatoms. The summed E-state index contributed by atoms with van der Waals surface area (Å²) >= 11 is 0. The Morgan fingerprint density at radius 2 is 1.81 bits per heavy atom. The van der Waals surface area contributed by atoms with Gasteiger partial charge in [-0.1, -0.05) is 24.3 Å². The van der Waals surface area contributed by atoms with E-state index in [-0.39, 0.29) is 12.1 Å². The van der Waals surface area contributed by atoms with E-state index in [0.717, 1.165) is 77.5 Å². The third kappa shape index (κ3) is 4.45. The summed E-state index contributed by atoms with van der Waals surface area (Å²) in [5.74, 6) is 0.963. The van der Waals surface area contributed by atoms with Crippen molar-refractivity contribution in [3.63, 3.8) is 0 Å². The van der Waals surface area contributed by atoms with Gasteiger partial charge in [-0.05, 0) is 62.0 Å². The third-order valence-corrected chi connectivity index (χ3v) is 6.55. The second-order valence-electron chi connectivity index (χ2n) is 8.36. The number of likely N-dealkylation sites (tertiary alicyclic amines) is 2. The van der Waals surface area contributed by atoms with Crippen LogP contribution in [0.3, 0.4) is 0 Å². The Labute approximate surface area is 162 Å². The van der Waals surface area contributed by atoms with E-state index in [1.54, 1.807) is 0 Å². The highest BCUT2D eigenvalue weighted by Gasteiger charge is 2.27. The zero-order chi connectivity index (χ0) is 18.6. The predicted molar refractivity (Wildman–Crippen MR) is 106 cm³/mol. The number of hydrogen-bond acceptors (Lipinski definition) is 2. The van der Waals surface area contributed by atoms with E-state index in [0.29, 0.717) is 11.8 Å². The number of aryl methyl sites for hydroxylation is 1. The number of benzene rings is 1. The second kappa shape index (κ2) is 8.32. The lowest BCUT2D eigenvalue weighted by Crippen LogP contribution is -2.49. The second-order valence-corrected chi connectivity index (χ2v) is 8.36. The number of amides is 3. The van der Waals surface area contributed by atoms with Crippen LogP contribution in [0.1, 0.15) is 49.7 Å². The Morgan fingerprint density at radius 3 is 2.56 bits per heavy atom. The third-order valence-electron chi connectivity index (χ3n) is 6.55. The molecule has 5 nitrogen and oxygen atoms in total. The molecule has 1 aliphatic carbocycles. The highest BCUT2D eigenvalue weighted by atomic mass is 16.2. The number of carbonyl (C=O) groups is 2. The molecule has 1 aromatic carbocycles. The maximum absolute atomic E-state index is 12.7. The molecule has 0 radical (unpaired) electrons. The van der Waals surface area contributed by atoms with Gasteiger partial charge in [0.1, 0.15) is 0 Å². The summed E-state index contributed by atoms with van der Waals surface area (Å²) in [6.07, 6.45) is 7.98. The van der Waals surface area contributed by atoms with Crippen LogP contribution in [0.15, 0.2) is 24.3 Å². The molecule has 1 aromatic rings. The summed E-state index contributed by atoms with van der Waals surface area (Å²) in [4.78, 5) is 28.4. The van der Waals surface area contributed by atoms with E-state index < -0.39 is 0 Å². The van der Waals surface area contributed by atoms with Gasteiger partial charge in [-0.25, -0.2) is 4.79 Å². The first kappa shape index (κ1) is 18.3. The first-order chi connectivity index (χ1) is 13.2. The number of fused-ring (bicyclic) bond motifs is 1. The highest BCUT2D eigenvalue weighted by molar-refractivity contribution is 5.78. The summed E-state index contributed by atoms with van der Waals surface area (Å²) in [7, 11) is 0. The minimum Gasteiger partial charge on any atom is -0.343 e. The van der Waals surface area contributed by atoms with Crippen LogP contribution in [0.2, 0.25) is 0 Å². The molecule has 0 bridgehead atoms. The Morgan fingerprint density at radius 1 is 1.04 bits per heavy atom. The number of hydrogen-bond donors (Lipinski definition) is 1. The summed E-state index contributed by atoms with van der Waals surface area (Å²) in [6.45, 7) is 3.52. The predicted octanol–water partition coefficient (Wildman–Crippen LogP) is 2.98. The summed E-state index contributed by atoms with van der Waals surface area (Å²) in [5.41, 5.74) is 2.81. The van der Waals surface area contributed by atoms with E-state index in [2.05, 4.69) is 29.6 Å². The van der Waals surface area contributed by atoms with Crippen molar-refractivity contribution in [2.24, 2.45) is 5.92 Å². The van der Waals surface area contributed by atoms with Gasteiger partial charge < -0.3 is 15.1 Å². The molecule has 3 amide bonds. The normalized spacial score (nSPS) is 23.4. The van der Waals surface area contributed by atoms with Crippen LogP contribution in [0, 0.1) is 5.92 Å².